The van der Waals surface area contributed by atoms with Crippen LogP contribution in [0.2, 0.25) is 5.02 Å². The summed E-state index contributed by atoms with van der Waals surface area (Å²) in [4.78, 5) is 11.9. The van der Waals surface area contributed by atoms with Crippen molar-refractivity contribution >= 4 is 27.6 Å². The molecule has 1 aromatic heterocycles. The lowest BCUT2D eigenvalue weighted by Gasteiger charge is -2.31. The average molecular weight is 418 g/mol. The van der Waals surface area contributed by atoms with E-state index in [4.69, 9.17) is 16.0 Å². The zero-order chi connectivity index (χ0) is 19.9. The summed E-state index contributed by atoms with van der Waals surface area (Å²) in [6.07, 6.45) is 1.71. The van der Waals surface area contributed by atoms with Gasteiger partial charge < -0.3 is 9.52 Å². The predicted octanol–water partition coefficient (Wildman–Crippen LogP) is 3.97. The molecule has 0 amide bonds. The minimum Gasteiger partial charge on any atom is -0.480 e. The fraction of sp³-hybridized carbons (Fsp3) is 0.150. The topological polar surface area (TPSA) is 87.8 Å². The van der Waals surface area contributed by atoms with Crippen molar-refractivity contribution in [3.8, 4) is 11.1 Å². The summed E-state index contributed by atoms with van der Waals surface area (Å²) in [5.74, 6) is -0.722. The van der Waals surface area contributed by atoms with Crippen LogP contribution in [-0.4, -0.2) is 30.3 Å². The number of benzene rings is 2. The van der Waals surface area contributed by atoms with Crippen LogP contribution in [0.15, 0.2) is 70.2 Å². The summed E-state index contributed by atoms with van der Waals surface area (Å²) in [6.45, 7) is 0.0404. The highest BCUT2D eigenvalue weighted by Gasteiger charge is 2.41. The molecule has 6 nitrogen and oxygen atoms in total. The molecule has 0 saturated heterocycles. The van der Waals surface area contributed by atoms with Crippen molar-refractivity contribution in [2.75, 3.05) is 6.54 Å². The number of hydrogen-bond donors (Lipinski definition) is 1. The van der Waals surface area contributed by atoms with Gasteiger partial charge in [-0.15, -0.1) is 0 Å². The number of carbonyl (C=O) groups is 1. The van der Waals surface area contributed by atoms with E-state index >= 15 is 0 Å². The zero-order valence-electron chi connectivity index (χ0n) is 14.6. The number of aliphatic carboxylic acids is 1. The lowest BCUT2D eigenvalue weighted by molar-refractivity contribution is -0.142. The first-order chi connectivity index (χ1) is 13.4. The van der Waals surface area contributed by atoms with Gasteiger partial charge in [-0.1, -0.05) is 35.9 Å². The molecule has 2 aromatic carbocycles. The third kappa shape index (κ3) is 3.22. The van der Waals surface area contributed by atoms with Gasteiger partial charge in [0.2, 0.25) is 10.0 Å². The largest absolute Gasteiger partial charge is 0.480 e. The van der Waals surface area contributed by atoms with Gasteiger partial charge in [-0.2, -0.15) is 4.31 Å². The Labute approximate surface area is 167 Å². The highest BCUT2D eigenvalue weighted by Crippen LogP contribution is 2.35. The number of carboxylic acid groups (broad SMARTS) is 1. The summed E-state index contributed by atoms with van der Waals surface area (Å²) in [5.41, 5.74) is 2.11. The number of hydrogen-bond acceptors (Lipinski definition) is 4. The second-order valence-corrected chi connectivity index (χ2v) is 8.76. The molecule has 0 saturated carbocycles. The monoisotopic (exact) mass is 417 g/mol. The summed E-state index contributed by atoms with van der Waals surface area (Å²) in [6, 6.07) is 13.8. The highest BCUT2D eigenvalue weighted by atomic mass is 35.5. The van der Waals surface area contributed by atoms with Crippen LogP contribution in [0, 0.1) is 0 Å². The summed E-state index contributed by atoms with van der Waals surface area (Å²) < 4.78 is 32.6. The van der Waals surface area contributed by atoms with E-state index in [-0.39, 0.29) is 11.4 Å². The van der Waals surface area contributed by atoms with Gasteiger partial charge >= 0.3 is 5.97 Å². The number of rotatable bonds is 4. The van der Waals surface area contributed by atoms with E-state index < -0.39 is 22.0 Å². The van der Waals surface area contributed by atoms with Crippen molar-refractivity contribution in [3.05, 3.63) is 77.2 Å². The molecule has 1 unspecified atom stereocenters. The van der Waals surface area contributed by atoms with Crippen LogP contribution in [0.3, 0.4) is 0 Å². The maximum absolute atomic E-state index is 13.1. The Balaban J connectivity index is 1.68. The molecule has 144 valence electrons. The number of halogens is 1. The van der Waals surface area contributed by atoms with Crippen LogP contribution in [0.4, 0.5) is 0 Å². The molecule has 8 heteroatoms. The normalized spacial score (nSPS) is 17.2. The van der Waals surface area contributed by atoms with Crippen molar-refractivity contribution in [1.82, 2.24) is 4.31 Å². The number of furan rings is 1. The van der Waals surface area contributed by atoms with Crippen LogP contribution in [0.5, 0.6) is 0 Å². The van der Waals surface area contributed by atoms with Crippen LogP contribution in [-0.2, 0) is 21.2 Å². The fourth-order valence-electron chi connectivity index (χ4n) is 3.41. The maximum atomic E-state index is 13.1. The average Bonchev–Trinajstić information content (AvgIpc) is 3.16. The molecule has 0 spiro atoms. The first-order valence-electron chi connectivity index (χ1n) is 8.55. The van der Waals surface area contributed by atoms with Gasteiger partial charge in [0, 0.05) is 23.6 Å². The molecule has 28 heavy (non-hydrogen) atoms. The molecule has 1 atom stereocenters. The van der Waals surface area contributed by atoms with Crippen LogP contribution >= 0.6 is 11.6 Å². The minimum atomic E-state index is -3.99. The molecule has 1 aliphatic heterocycles. The van der Waals surface area contributed by atoms with Crippen LogP contribution < -0.4 is 0 Å². The second kappa shape index (κ2) is 7.09. The van der Waals surface area contributed by atoms with Gasteiger partial charge in [-0.3, -0.25) is 4.79 Å². The Kier molecular flexibility index (Phi) is 4.74. The van der Waals surface area contributed by atoms with E-state index in [2.05, 4.69) is 0 Å². The van der Waals surface area contributed by atoms with E-state index in [9.17, 15) is 18.3 Å². The minimum absolute atomic E-state index is 0.0404. The Morgan fingerprint density at radius 1 is 1.04 bits per heavy atom. The summed E-state index contributed by atoms with van der Waals surface area (Å²) in [5, 5.41) is 10.3. The third-order valence-corrected chi connectivity index (χ3v) is 6.92. The van der Waals surface area contributed by atoms with E-state index in [0.29, 0.717) is 22.8 Å². The molecule has 3 aromatic rings. The summed E-state index contributed by atoms with van der Waals surface area (Å²) in [7, 11) is -3.99. The number of fused-ring (bicyclic) bond motifs is 1. The predicted molar refractivity (Wildman–Crippen MR) is 104 cm³/mol. The van der Waals surface area contributed by atoms with E-state index in [1.807, 2.05) is 12.1 Å². The molecule has 0 radical (unpaired) electrons. The molecular weight excluding hydrogens is 402 g/mol. The first-order valence-corrected chi connectivity index (χ1v) is 10.4. The lowest BCUT2D eigenvalue weighted by Crippen LogP contribution is -2.43. The van der Waals surface area contributed by atoms with Crippen molar-refractivity contribution in [2.45, 2.75) is 17.4 Å². The van der Waals surface area contributed by atoms with Gasteiger partial charge in [-0.25, -0.2) is 8.42 Å². The van der Waals surface area contributed by atoms with Crippen molar-refractivity contribution in [3.63, 3.8) is 0 Å². The molecule has 2 heterocycles. The van der Waals surface area contributed by atoms with Crippen LogP contribution in [0.25, 0.3) is 11.1 Å². The van der Waals surface area contributed by atoms with E-state index in [1.54, 1.807) is 24.3 Å². The van der Waals surface area contributed by atoms with E-state index in [0.717, 1.165) is 15.4 Å². The molecule has 0 fully saturated rings. The van der Waals surface area contributed by atoms with Crippen molar-refractivity contribution < 1.29 is 22.7 Å². The SMILES string of the molecule is O=C(O)C1c2ccoc2CCN1S(=O)(=O)c1ccc(-c2ccc(Cl)cc2)cc1. The third-order valence-electron chi connectivity index (χ3n) is 4.79. The molecular formula is C20H16ClNO5S. The Morgan fingerprint density at radius 2 is 1.64 bits per heavy atom. The lowest BCUT2D eigenvalue weighted by atomic mass is 10.0. The number of sulfonamides is 1. The maximum Gasteiger partial charge on any atom is 0.326 e. The van der Waals surface area contributed by atoms with Crippen molar-refractivity contribution in [1.29, 1.82) is 0 Å². The van der Waals surface area contributed by atoms with E-state index in [1.165, 1.54) is 24.5 Å². The van der Waals surface area contributed by atoms with Gasteiger partial charge in [0.25, 0.3) is 0 Å². The highest BCUT2D eigenvalue weighted by molar-refractivity contribution is 7.89. The standard InChI is InChI=1S/C20H16ClNO5S/c21-15-5-1-13(2-6-15)14-3-7-16(8-4-14)28(25,26)22-11-9-18-17(10-12-27-18)19(22)20(23)24/h1-8,10,12,19H,9,11H2,(H,23,24). The summed E-state index contributed by atoms with van der Waals surface area (Å²) >= 11 is 5.90. The fourth-order valence-corrected chi connectivity index (χ4v) is 5.10. The first kappa shape index (κ1) is 18.7. The Morgan fingerprint density at radius 3 is 2.25 bits per heavy atom. The van der Waals surface area contributed by atoms with Gasteiger partial charge in [0.15, 0.2) is 6.04 Å². The molecule has 4 rings (SSSR count). The Bertz CT molecular complexity index is 1120. The molecule has 1 aliphatic rings. The molecule has 1 N–H and O–H groups in total. The molecule has 0 aliphatic carbocycles. The quantitative estimate of drug-likeness (QED) is 0.693. The van der Waals surface area contributed by atoms with Gasteiger partial charge in [0.05, 0.1) is 11.2 Å². The van der Waals surface area contributed by atoms with Gasteiger partial charge in [0.1, 0.15) is 5.76 Å². The number of carboxylic acids is 1. The second-order valence-electron chi connectivity index (χ2n) is 6.44. The molecule has 0 bridgehead atoms. The van der Waals surface area contributed by atoms with Crippen LogP contribution in [0.1, 0.15) is 17.4 Å². The smallest absolute Gasteiger partial charge is 0.326 e. The zero-order valence-corrected chi connectivity index (χ0v) is 16.2. The number of nitrogens with zero attached hydrogens (tertiary/aromatic N) is 1. The Hall–Kier alpha value is -2.61. The van der Waals surface area contributed by atoms with Crippen molar-refractivity contribution in [2.24, 2.45) is 0 Å². The van der Waals surface area contributed by atoms with Gasteiger partial charge in [-0.05, 0) is 41.5 Å².